The summed E-state index contributed by atoms with van der Waals surface area (Å²) < 4.78 is 5.77. The van der Waals surface area contributed by atoms with Crippen LogP contribution in [-0.2, 0) is 14.3 Å². The minimum Gasteiger partial charge on any atom is -0.394 e. The van der Waals surface area contributed by atoms with Gasteiger partial charge in [-0.05, 0) is 32.1 Å². The maximum absolute atomic E-state index is 12.0. The number of hydrogen-bond donors (Lipinski definition) is 3. The highest BCUT2D eigenvalue weighted by molar-refractivity contribution is 5.80. The van der Waals surface area contributed by atoms with Crippen molar-refractivity contribution in [2.75, 3.05) is 6.61 Å². The Kier molecular flexibility index (Phi) is 5.33. The summed E-state index contributed by atoms with van der Waals surface area (Å²) in [4.78, 5) is 24.0. The van der Waals surface area contributed by atoms with E-state index in [-0.39, 0.29) is 42.9 Å². The molecular formula is C17H26N2O4. The van der Waals surface area contributed by atoms with Crippen molar-refractivity contribution in [2.24, 2.45) is 5.92 Å². The standard InChI is InChI=1S/C17H26N2O4/c20-10-15-14(19-17(22)11-3-1-4-11)8-7-13(23-15)9-16(21)18-12-5-2-6-12/h7-8,11-15,20H,1-6,9-10H2,(H,18,21)(H,19,22)/t13-,14-,15-/m1/s1. The molecule has 0 aromatic heterocycles. The number of aliphatic hydroxyl groups is 1. The van der Waals surface area contributed by atoms with Crippen LogP contribution in [0.25, 0.3) is 0 Å². The summed E-state index contributed by atoms with van der Waals surface area (Å²) in [5.74, 6) is 0.126. The fourth-order valence-electron chi connectivity index (χ4n) is 3.11. The van der Waals surface area contributed by atoms with Gasteiger partial charge in [-0.3, -0.25) is 9.59 Å². The lowest BCUT2D eigenvalue weighted by molar-refractivity contribution is -0.132. The predicted octanol–water partition coefficient (Wildman–Crippen LogP) is 0.646. The van der Waals surface area contributed by atoms with Gasteiger partial charge in [-0.15, -0.1) is 0 Å². The number of hydrogen-bond acceptors (Lipinski definition) is 4. The lowest BCUT2D eigenvalue weighted by Gasteiger charge is -2.34. The molecule has 0 radical (unpaired) electrons. The first-order valence-corrected chi connectivity index (χ1v) is 8.70. The summed E-state index contributed by atoms with van der Waals surface area (Å²) in [7, 11) is 0. The van der Waals surface area contributed by atoms with Crippen molar-refractivity contribution < 1.29 is 19.4 Å². The van der Waals surface area contributed by atoms with E-state index < -0.39 is 6.10 Å². The molecule has 2 saturated carbocycles. The van der Waals surface area contributed by atoms with Crippen LogP contribution in [0.4, 0.5) is 0 Å². The van der Waals surface area contributed by atoms with Gasteiger partial charge in [0.25, 0.3) is 0 Å². The largest absolute Gasteiger partial charge is 0.394 e. The van der Waals surface area contributed by atoms with Crippen molar-refractivity contribution in [3.8, 4) is 0 Å². The Hall–Kier alpha value is -1.40. The number of amides is 2. The molecule has 128 valence electrons. The summed E-state index contributed by atoms with van der Waals surface area (Å²) in [6.45, 7) is -0.180. The van der Waals surface area contributed by atoms with Crippen LogP contribution in [0.15, 0.2) is 12.2 Å². The summed E-state index contributed by atoms with van der Waals surface area (Å²) in [6, 6.07) is -0.00253. The molecule has 3 N–H and O–H groups in total. The second-order valence-electron chi connectivity index (χ2n) is 6.84. The number of nitrogens with one attached hydrogen (secondary N) is 2. The Bertz CT molecular complexity index is 471. The summed E-state index contributed by atoms with van der Waals surface area (Å²) in [5.41, 5.74) is 0. The first-order valence-electron chi connectivity index (χ1n) is 8.70. The molecule has 2 amide bonds. The van der Waals surface area contributed by atoms with Crippen molar-refractivity contribution in [1.29, 1.82) is 0 Å². The molecule has 2 aliphatic carbocycles. The van der Waals surface area contributed by atoms with Gasteiger partial charge in [-0.1, -0.05) is 18.6 Å². The molecule has 2 fully saturated rings. The van der Waals surface area contributed by atoms with Crippen molar-refractivity contribution in [3.63, 3.8) is 0 Å². The SMILES string of the molecule is O=C(C[C@H]1C=C[C@@H](NC(=O)C2CCC2)[C@@H](CO)O1)NC1CCC1. The lowest BCUT2D eigenvalue weighted by atomic mass is 9.84. The van der Waals surface area contributed by atoms with Crippen LogP contribution in [0.2, 0.25) is 0 Å². The lowest BCUT2D eigenvalue weighted by Crippen LogP contribution is -2.51. The van der Waals surface area contributed by atoms with Crippen LogP contribution in [0, 0.1) is 5.92 Å². The maximum Gasteiger partial charge on any atom is 0.223 e. The molecular weight excluding hydrogens is 296 g/mol. The molecule has 3 aliphatic rings. The highest BCUT2D eigenvalue weighted by Gasteiger charge is 2.32. The molecule has 23 heavy (non-hydrogen) atoms. The number of carbonyl (C=O) groups is 2. The topological polar surface area (TPSA) is 87.7 Å². The Labute approximate surface area is 136 Å². The van der Waals surface area contributed by atoms with E-state index in [1.54, 1.807) is 0 Å². The highest BCUT2D eigenvalue weighted by Crippen LogP contribution is 2.27. The number of rotatable bonds is 6. The van der Waals surface area contributed by atoms with E-state index in [0.29, 0.717) is 6.04 Å². The van der Waals surface area contributed by atoms with Gasteiger partial charge in [0, 0.05) is 12.0 Å². The van der Waals surface area contributed by atoms with E-state index in [4.69, 9.17) is 4.74 Å². The van der Waals surface area contributed by atoms with Crippen LogP contribution >= 0.6 is 0 Å². The second kappa shape index (κ2) is 7.45. The van der Waals surface area contributed by atoms with Gasteiger partial charge in [0.1, 0.15) is 6.10 Å². The normalized spacial score (nSPS) is 31.1. The third kappa shape index (κ3) is 4.12. The molecule has 1 heterocycles. The van der Waals surface area contributed by atoms with Gasteiger partial charge in [0.15, 0.2) is 0 Å². The Morgan fingerprint density at radius 2 is 1.83 bits per heavy atom. The van der Waals surface area contributed by atoms with Gasteiger partial charge in [0.2, 0.25) is 11.8 Å². The maximum atomic E-state index is 12.0. The molecule has 0 bridgehead atoms. The molecule has 0 unspecified atom stereocenters. The Morgan fingerprint density at radius 1 is 1.09 bits per heavy atom. The summed E-state index contributed by atoms with van der Waals surface area (Å²) >= 11 is 0. The van der Waals surface area contributed by atoms with E-state index in [1.807, 2.05) is 12.2 Å². The molecule has 3 rings (SSSR count). The zero-order chi connectivity index (χ0) is 16.2. The second-order valence-corrected chi connectivity index (χ2v) is 6.84. The van der Waals surface area contributed by atoms with Crippen LogP contribution < -0.4 is 10.6 Å². The van der Waals surface area contributed by atoms with Crippen LogP contribution in [0.5, 0.6) is 0 Å². The summed E-state index contributed by atoms with van der Waals surface area (Å²) in [5, 5.41) is 15.4. The van der Waals surface area contributed by atoms with Crippen LogP contribution in [0.3, 0.4) is 0 Å². The van der Waals surface area contributed by atoms with E-state index >= 15 is 0 Å². The van der Waals surface area contributed by atoms with Crippen molar-refractivity contribution >= 4 is 11.8 Å². The van der Waals surface area contributed by atoms with Crippen LogP contribution in [0.1, 0.15) is 44.9 Å². The first-order chi connectivity index (χ1) is 11.2. The molecule has 0 saturated heterocycles. The van der Waals surface area contributed by atoms with Crippen LogP contribution in [-0.4, -0.2) is 47.8 Å². The number of aliphatic hydroxyl groups excluding tert-OH is 1. The fraction of sp³-hybridized carbons (Fsp3) is 0.765. The van der Waals surface area contributed by atoms with Crippen molar-refractivity contribution in [3.05, 3.63) is 12.2 Å². The number of carbonyl (C=O) groups excluding carboxylic acids is 2. The monoisotopic (exact) mass is 322 g/mol. The van der Waals surface area contributed by atoms with Gasteiger partial charge < -0.3 is 20.5 Å². The molecule has 6 heteroatoms. The zero-order valence-corrected chi connectivity index (χ0v) is 13.4. The zero-order valence-electron chi connectivity index (χ0n) is 13.4. The first kappa shape index (κ1) is 16.5. The van der Waals surface area contributed by atoms with Crippen molar-refractivity contribution in [1.82, 2.24) is 10.6 Å². The minimum absolute atomic E-state index is 0.0157. The third-order valence-corrected chi connectivity index (χ3v) is 5.10. The third-order valence-electron chi connectivity index (χ3n) is 5.10. The summed E-state index contributed by atoms with van der Waals surface area (Å²) in [6.07, 6.45) is 9.37. The van der Waals surface area contributed by atoms with Crippen molar-refractivity contribution in [2.45, 2.75) is 69.2 Å². The van der Waals surface area contributed by atoms with E-state index in [0.717, 1.165) is 32.1 Å². The smallest absolute Gasteiger partial charge is 0.223 e. The predicted molar refractivity (Wildman–Crippen MR) is 84.6 cm³/mol. The van der Waals surface area contributed by atoms with Gasteiger partial charge in [0.05, 0.1) is 25.2 Å². The quantitative estimate of drug-likeness (QED) is 0.627. The molecule has 0 aromatic rings. The Balaban J connectivity index is 1.49. The minimum atomic E-state index is -0.495. The molecule has 1 aliphatic heterocycles. The average molecular weight is 322 g/mol. The fourth-order valence-corrected chi connectivity index (χ4v) is 3.11. The van der Waals surface area contributed by atoms with E-state index in [2.05, 4.69) is 10.6 Å². The Morgan fingerprint density at radius 3 is 2.39 bits per heavy atom. The molecule has 3 atom stereocenters. The highest BCUT2D eigenvalue weighted by atomic mass is 16.5. The van der Waals surface area contributed by atoms with Gasteiger partial charge in [-0.2, -0.15) is 0 Å². The number of ether oxygens (including phenoxy) is 1. The molecule has 6 nitrogen and oxygen atoms in total. The van der Waals surface area contributed by atoms with Gasteiger partial charge in [-0.25, -0.2) is 0 Å². The van der Waals surface area contributed by atoms with E-state index in [1.165, 1.54) is 6.42 Å². The molecule has 0 spiro atoms. The molecule has 0 aromatic carbocycles. The average Bonchev–Trinajstić information content (AvgIpc) is 2.42. The van der Waals surface area contributed by atoms with E-state index in [9.17, 15) is 14.7 Å². The van der Waals surface area contributed by atoms with Gasteiger partial charge >= 0.3 is 0 Å².